The van der Waals surface area contributed by atoms with Gasteiger partial charge in [-0.15, -0.1) is 6.58 Å². The molecular formula is C15H21FN2. The van der Waals surface area contributed by atoms with Crippen molar-refractivity contribution in [2.24, 2.45) is 0 Å². The van der Waals surface area contributed by atoms with Crippen LogP contribution in [0.15, 0.2) is 37.4 Å². The molecule has 1 aromatic rings. The summed E-state index contributed by atoms with van der Waals surface area (Å²) in [5.41, 5.74) is 1.65. The molecule has 2 nitrogen and oxygen atoms in total. The van der Waals surface area contributed by atoms with Gasteiger partial charge in [-0.25, -0.2) is 4.39 Å². The predicted octanol–water partition coefficient (Wildman–Crippen LogP) is 3.42. The number of hydrogen-bond donors (Lipinski definition) is 1. The molecule has 0 bridgehead atoms. The molecule has 0 fully saturated rings. The van der Waals surface area contributed by atoms with E-state index in [-0.39, 0.29) is 11.4 Å². The topological polar surface area (TPSA) is 15.3 Å². The summed E-state index contributed by atoms with van der Waals surface area (Å²) in [6.07, 6.45) is 1.84. The summed E-state index contributed by atoms with van der Waals surface area (Å²) in [7, 11) is 3.64. The van der Waals surface area contributed by atoms with Gasteiger partial charge in [0.05, 0.1) is 5.54 Å². The van der Waals surface area contributed by atoms with Crippen LogP contribution < -0.4 is 10.2 Å². The van der Waals surface area contributed by atoms with E-state index in [1.807, 2.05) is 37.9 Å². The molecule has 1 rings (SSSR count). The Bertz CT molecular complexity index is 464. The Hall–Kier alpha value is -1.77. The van der Waals surface area contributed by atoms with Crippen molar-refractivity contribution in [3.63, 3.8) is 0 Å². The van der Waals surface area contributed by atoms with E-state index in [1.165, 1.54) is 6.07 Å². The van der Waals surface area contributed by atoms with Crippen LogP contribution in [-0.2, 0) is 0 Å². The molecule has 0 aromatic heterocycles. The first kappa shape index (κ1) is 14.3. The Morgan fingerprint density at radius 2 is 2.06 bits per heavy atom. The zero-order chi connectivity index (χ0) is 13.9. The van der Waals surface area contributed by atoms with Crippen molar-refractivity contribution in [1.82, 2.24) is 5.32 Å². The Balaban J connectivity index is 3.12. The van der Waals surface area contributed by atoms with Crippen LogP contribution in [0.3, 0.4) is 0 Å². The van der Waals surface area contributed by atoms with Crippen molar-refractivity contribution in [2.45, 2.75) is 19.4 Å². The Morgan fingerprint density at radius 1 is 1.44 bits per heavy atom. The number of nitrogens with one attached hydrogen (secondary N) is 1. The van der Waals surface area contributed by atoms with Gasteiger partial charge >= 0.3 is 0 Å². The maximum Gasteiger partial charge on any atom is 0.134 e. The average Bonchev–Trinajstić information content (AvgIpc) is 2.36. The lowest BCUT2D eigenvalue weighted by atomic mass is 10.0. The molecule has 0 spiro atoms. The molecule has 0 unspecified atom stereocenters. The SMILES string of the molecule is C=CC(C)(C)N(C)c1ccc(C(=C)NC)c(F)c1. The highest BCUT2D eigenvalue weighted by atomic mass is 19.1. The zero-order valence-electron chi connectivity index (χ0n) is 11.5. The third-order valence-electron chi connectivity index (χ3n) is 3.33. The Labute approximate surface area is 109 Å². The average molecular weight is 248 g/mol. The molecular weight excluding hydrogens is 227 g/mol. The first-order chi connectivity index (χ1) is 8.33. The van der Waals surface area contributed by atoms with E-state index in [1.54, 1.807) is 13.1 Å². The summed E-state index contributed by atoms with van der Waals surface area (Å²) >= 11 is 0. The molecule has 0 radical (unpaired) electrons. The lowest BCUT2D eigenvalue weighted by Gasteiger charge is -2.35. The number of nitrogens with zero attached hydrogens (tertiary/aromatic N) is 1. The zero-order valence-corrected chi connectivity index (χ0v) is 11.5. The van der Waals surface area contributed by atoms with Gasteiger partial charge in [0.25, 0.3) is 0 Å². The van der Waals surface area contributed by atoms with Gasteiger partial charge in [-0.1, -0.05) is 12.7 Å². The Kier molecular flexibility index (Phi) is 4.17. The van der Waals surface area contributed by atoms with Gasteiger partial charge < -0.3 is 10.2 Å². The van der Waals surface area contributed by atoms with E-state index >= 15 is 0 Å². The molecule has 98 valence electrons. The van der Waals surface area contributed by atoms with Crippen molar-refractivity contribution in [2.75, 3.05) is 19.0 Å². The first-order valence-electron chi connectivity index (χ1n) is 5.87. The standard InChI is InChI=1S/C15H21FN2/c1-7-15(3,4)18(6)12-8-9-13(11(2)17-5)14(16)10-12/h7-10,17H,1-2H2,3-6H3. The highest BCUT2D eigenvalue weighted by Crippen LogP contribution is 2.26. The fraction of sp³-hybridized carbons (Fsp3) is 0.333. The second-order valence-electron chi connectivity index (χ2n) is 4.81. The number of benzene rings is 1. The molecule has 0 heterocycles. The summed E-state index contributed by atoms with van der Waals surface area (Å²) in [4.78, 5) is 1.98. The van der Waals surface area contributed by atoms with E-state index in [2.05, 4.69) is 18.5 Å². The predicted molar refractivity (Wildman–Crippen MR) is 77.2 cm³/mol. The molecule has 0 aliphatic carbocycles. The minimum absolute atomic E-state index is 0.228. The van der Waals surface area contributed by atoms with Crippen molar-refractivity contribution < 1.29 is 4.39 Å². The molecule has 0 saturated carbocycles. The third kappa shape index (κ3) is 2.73. The third-order valence-corrected chi connectivity index (χ3v) is 3.33. The lowest BCUT2D eigenvalue weighted by Crippen LogP contribution is -2.39. The second-order valence-corrected chi connectivity index (χ2v) is 4.81. The minimum atomic E-state index is -0.279. The van der Waals surface area contributed by atoms with Gasteiger partial charge in [-0.05, 0) is 32.0 Å². The van der Waals surface area contributed by atoms with E-state index in [0.717, 1.165) is 5.69 Å². The van der Waals surface area contributed by atoms with Crippen molar-refractivity contribution in [3.8, 4) is 0 Å². The van der Waals surface area contributed by atoms with Gasteiger partial charge in [-0.3, -0.25) is 0 Å². The highest BCUT2D eigenvalue weighted by Gasteiger charge is 2.20. The molecule has 0 amide bonds. The minimum Gasteiger partial charge on any atom is -0.388 e. The van der Waals surface area contributed by atoms with Crippen LogP contribution in [0.25, 0.3) is 5.70 Å². The summed E-state index contributed by atoms with van der Waals surface area (Å²) in [5, 5.41) is 2.85. The molecule has 1 aromatic carbocycles. The number of rotatable bonds is 5. The molecule has 0 aliphatic rings. The monoisotopic (exact) mass is 248 g/mol. The van der Waals surface area contributed by atoms with Gasteiger partial charge in [-0.2, -0.15) is 0 Å². The van der Waals surface area contributed by atoms with Crippen LogP contribution in [0, 0.1) is 5.82 Å². The van der Waals surface area contributed by atoms with Crippen molar-refractivity contribution in [1.29, 1.82) is 0 Å². The van der Waals surface area contributed by atoms with Gasteiger partial charge in [0, 0.05) is 31.0 Å². The molecule has 0 saturated heterocycles. The highest BCUT2D eigenvalue weighted by molar-refractivity contribution is 5.65. The van der Waals surface area contributed by atoms with Crippen LogP contribution in [0.5, 0.6) is 0 Å². The largest absolute Gasteiger partial charge is 0.388 e. The van der Waals surface area contributed by atoms with Gasteiger partial charge in [0.2, 0.25) is 0 Å². The quantitative estimate of drug-likeness (QED) is 0.803. The van der Waals surface area contributed by atoms with Crippen LogP contribution >= 0.6 is 0 Å². The maximum absolute atomic E-state index is 14.0. The molecule has 18 heavy (non-hydrogen) atoms. The first-order valence-corrected chi connectivity index (χ1v) is 5.87. The van der Waals surface area contributed by atoms with E-state index in [0.29, 0.717) is 11.3 Å². The summed E-state index contributed by atoms with van der Waals surface area (Å²) in [6, 6.07) is 5.13. The van der Waals surface area contributed by atoms with Crippen molar-refractivity contribution >= 4 is 11.4 Å². The van der Waals surface area contributed by atoms with Gasteiger partial charge in [0.1, 0.15) is 5.82 Å². The second kappa shape index (κ2) is 5.25. The maximum atomic E-state index is 14.0. The molecule has 0 aliphatic heterocycles. The normalized spacial score (nSPS) is 10.9. The summed E-state index contributed by atoms with van der Waals surface area (Å²) < 4.78 is 14.0. The van der Waals surface area contributed by atoms with E-state index < -0.39 is 0 Å². The number of likely N-dealkylation sites (N-methyl/N-ethyl adjacent to an activating group) is 1. The molecule has 3 heteroatoms. The van der Waals surface area contributed by atoms with E-state index in [9.17, 15) is 4.39 Å². The van der Waals surface area contributed by atoms with E-state index in [4.69, 9.17) is 0 Å². The van der Waals surface area contributed by atoms with Crippen LogP contribution in [0.1, 0.15) is 19.4 Å². The smallest absolute Gasteiger partial charge is 0.134 e. The van der Waals surface area contributed by atoms with Crippen LogP contribution in [0.4, 0.5) is 10.1 Å². The number of hydrogen-bond acceptors (Lipinski definition) is 2. The molecule has 0 atom stereocenters. The Morgan fingerprint density at radius 3 is 2.50 bits per heavy atom. The summed E-state index contributed by atoms with van der Waals surface area (Å²) in [5.74, 6) is -0.279. The lowest BCUT2D eigenvalue weighted by molar-refractivity contribution is 0.594. The molecule has 1 N–H and O–H groups in total. The fourth-order valence-electron chi connectivity index (χ4n) is 1.56. The van der Waals surface area contributed by atoms with Crippen LogP contribution in [0.2, 0.25) is 0 Å². The summed E-state index contributed by atoms with van der Waals surface area (Å²) in [6.45, 7) is 11.6. The number of halogens is 1. The van der Waals surface area contributed by atoms with Crippen LogP contribution in [-0.4, -0.2) is 19.6 Å². The van der Waals surface area contributed by atoms with Crippen molar-refractivity contribution in [3.05, 3.63) is 48.8 Å². The number of anilines is 1. The van der Waals surface area contributed by atoms with Gasteiger partial charge in [0.15, 0.2) is 0 Å². The fourth-order valence-corrected chi connectivity index (χ4v) is 1.56.